The molecule has 0 bridgehead atoms. The van der Waals surface area contributed by atoms with Gasteiger partial charge in [0.05, 0.1) is 0 Å². The summed E-state index contributed by atoms with van der Waals surface area (Å²) in [6, 6.07) is 0. The topological polar surface area (TPSA) is 0 Å². The maximum Gasteiger partial charge on any atom is -0.0272 e. The molecule has 1 aliphatic rings. The molecule has 1 fully saturated rings. The second-order valence-electron chi connectivity index (χ2n) is 4.74. The van der Waals surface area contributed by atoms with Crippen molar-refractivity contribution in [3.8, 4) is 0 Å². The molecule has 1 rings (SSSR count). The molecule has 0 radical (unpaired) electrons. The third-order valence-corrected chi connectivity index (χ3v) is 4.32. The first kappa shape index (κ1) is 8.10. The predicted molar refractivity (Wildman–Crippen MR) is 46.0 cm³/mol. The van der Waals surface area contributed by atoms with Crippen LogP contribution in [0.2, 0.25) is 0 Å². The van der Waals surface area contributed by atoms with Crippen molar-refractivity contribution in [2.45, 2.75) is 47.5 Å². The first-order chi connectivity index (χ1) is 4.44. The van der Waals surface area contributed by atoms with Crippen LogP contribution in [0.3, 0.4) is 0 Å². The van der Waals surface area contributed by atoms with E-state index < -0.39 is 0 Å². The van der Waals surface area contributed by atoms with Crippen molar-refractivity contribution in [3.63, 3.8) is 0 Å². The highest BCUT2D eigenvalue weighted by molar-refractivity contribution is 5.02. The molecular formula is C10H20. The van der Waals surface area contributed by atoms with Crippen LogP contribution in [0.25, 0.3) is 0 Å². The molecule has 2 atom stereocenters. The summed E-state index contributed by atoms with van der Waals surface area (Å²) in [5.74, 6) is 0.928. The van der Waals surface area contributed by atoms with E-state index in [1.807, 2.05) is 0 Å². The van der Waals surface area contributed by atoms with Gasteiger partial charge in [-0.25, -0.2) is 0 Å². The van der Waals surface area contributed by atoms with E-state index in [1.54, 1.807) is 0 Å². The normalized spacial score (nSPS) is 44.7. The summed E-state index contributed by atoms with van der Waals surface area (Å²) >= 11 is 0. The maximum atomic E-state index is 2.42. The highest BCUT2D eigenvalue weighted by Gasteiger charge is 2.52. The van der Waals surface area contributed by atoms with Gasteiger partial charge in [-0.3, -0.25) is 0 Å². The van der Waals surface area contributed by atoms with E-state index in [2.05, 4.69) is 34.6 Å². The van der Waals surface area contributed by atoms with E-state index in [0.29, 0.717) is 10.8 Å². The number of rotatable bonds is 1. The van der Waals surface area contributed by atoms with Crippen LogP contribution >= 0.6 is 0 Å². The van der Waals surface area contributed by atoms with E-state index >= 15 is 0 Å². The minimum atomic E-state index is 0.585. The van der Waals surface area contributed by atoms with Crippen LogP contribution in [0.4, 0.5) is 0 Å². The smallest absolute Gasteiger partial charge is 0.0272 e. The Morgan fingerprint density at radius 1 is 1.30 bits per heavy atom. The summed E-state index contributed by atoms with van der Waals surface area (Å²) in [5.41, 5.74) is 1.22. The summed E-state index contributed by atoms with van der Waals surface area (Å²) in [5, 5.41) is 0. The lowest BCUT2D eigenvalue weighted by molar-refractivity contribution is -0.100. The van der Waals surface area contributed by atoms with Gasteiger partial charge in [0.2, 0.25) is 0 Å². The molecule has 0 nitrogen and oxygen atoms in total. The summed E-state index contributed by atoms with van der Waals surface area (Å²) < 4.78 is 0. The summed E-state index contributed by atoms with van der Waals surface area (Å²) in [6.07, 6.45) is 2.76. The lowest BCUT2D eigenvalue weighted by atomic mass is 9.45. The van der Waals surface area contributed by atoms with Gasteiger partial charge in [-0.05, 0) is 23.2 Å². The van der Waals surface area contributed by atoms with Gasteiger partial charge in [0.1, 0.15) is 0 Å². The third-order valence-electron chi connectivity index (χ3n) is 4.32. The van der Waals surface area contributed by atoms with E-state index in [4.69, 9.17) is 0 Å². The fourth-order valence-corrected chi connectivity index (χ4v) is 2.26. The van der Waals surface area contributed by atoms with E-state index in [9.17, 15) is 0 Å². The van der Waals surface area contributed by atoms with E-state index in [-0.39, 0.29) is 0 Å². The van der Waals surface area contributed by atoms with Gasteiger partial charge in [0.15, 0.2) is 0 Å². The molecule has 0 heterocycles. The first-order valence-electron chi connectivity index (χ1n) is 4.44. The fraction of sp³-hybridized carbons (Fsp3) is 1.00. The Hall–Kier alpha value is 0. The SMILES string of the molecule is CCC1(C)CC(C)C1(C)C. The fourth-order valence-electron chi connectivity index (χ4n) is 2.26. The van der Waals surface area contributed by atoms with Gasteiger partial charge in [-0.1, -0.05) is 41.0 Å². The van der Waals surface area contributed by atoms with Crippen LogP contribution in [-0.2, 0) is 0 Å². The molecule has 0 spiro atoms. The van der Waals surface area contributed by atoms with Crippen LogP contribution < -0.4 is 0 Å². The molecule has 1 aliphatic carbocycles. The number of hydrogen-bond acceptors (Lipinski definition) is 0. The highest BCUT2D eigenvalue weighted by atomic mass is 14.6. The summed E-state index contributed by atoms with van der Waals surface area (Å²) in [4.78, 5) is 0. The zero-order valence-electron chi connectivity index (χ0n) is 7.99. The van der Waals surface area contributed by atoms with Gasteiger partial charge in [0.25, 0.3) is 0 Å². The average molecular weight is 140 g/mol. The van der Waals surface area contributed by atoms with Gasteiger partial charge >= 0.3 is 0 Å². The zero-order valence-corrected chi connectivity index (χ0v) is 7.99. The largest absolute Gasteiger partial charge is 0.0648 e. The lowest BCUT2D eigenvalue weighted by Gasteiger charge is -2.59. The molecular weight excluding hydrogens is 120 g/mol. The standard InChI is InChI=1S/C10H20/c1-6-10(5)7-8(2)9(10,3)4/h8H,6-7H2,1-5H3. The minimum absolute atomic E-state index is 0.585. The highest BCUT2D eigenvalue weighted by Crippen LogP contribution is 2.61. The van der Waals surface area contributed by atoms with Crippen molar-refractivity contribution in [2.75, 3.05) is 0 Å². The Morgan fingerprint density at radius 2 is 1.80 bits per heavy atom. The van der Waals surface area contributed by atoms with Crippen molar-refractivity contribution in [2.24, 2.45) is 16.7 Å². The lowest BCUT2D eigenvalue weighted by Crippen LogP contribution is -2.51. The molecule has 0 N–H and O–H groups in total. The Labute approximate surface area is 65.0 Å². The molecule has 0 heteroatoms. The van der Waals surface area contributed by atoms with Crippen LogP contribution in [-0.4, -0.2) is 0 Å². The molecule has 0 aromatic rings. The Kier molecular flexibility index (Phi) is 1.61. The molecule has 0 saturated heterocycles. The minimum Gasteiger partial charge on any atom is -0.0648 e. The van der Waals surface area contributed by atoms with E-state index in [1.165, 1.54) is 12.8 Å². The van der Waals surface area contributed by atoms with Crippen LogP contribution in [0.15, 0.2) is 0 Å². The van der Waals surface area contributed by atoms with Gasteiger partial charge < -0.3 is 0 Å². The van der Waals surface area contributed by atoms with Crippen molar-refractivity contribution in [1.29, 1.82) is 0 Å². The van der Waals surface area contributed by atoms with Crippen molar-refractivity contribution in [1.82, 2.24) is 0 Å². The summed E-state index contributed by atoms with van der Waals surface area (Å²) in [6.45, 7) is 11.9. The molecule has 60 valence electrons. The third kappa shape index (κ3) is 0.741. The Morgan fingerprint density at radius 3 is 1.90 bits per heavy atom. The molecule has 0 amide bonds. The summed E-state index contributed by atoms with van der Waals surface area (Å²) in [7, 11) is 0. The molecule has 2 unspecified atom stereocenters. The molecule has 0 aliphatic heterocycles. The first-order valence-corrected chi connectivity index (χ1v) is 4.44. The second kappa shape index (κ2) is 1.99. The molecule has 0 aromatic heterocycles. The van der Waals surface area contributed by atoms with Crippen molar-refractivity contribution in [3.05, 3.63) is 0 Å². The van der Waals surface area contributed by atoms with Crippen molar-refractivity contribution >= 4 is 0 Å². The Balaban J connectivity index is 2.70. The van der Waals surface area contributed by atoms with Crippen LogP contribution in [0, 0.1) is 16.7 Å². The predicted octanol–water partition coefficient (Wildman–Crippen LogP) is 3.47. The molecule has 10 heavy (non-hydrogen) atoms. The second-order valence-corrected chi connectivity index (χ2v) is 4.74. The average Bonchev–Trinajstić information content (AvgIpc) is 1.88. The van der Waals surface area contributed by atoms with Gasteiger partial charge in [-0.15, -0.1) is 0 Å². The van der Waals surface area contributed by atoms with Gasteiger partial charge in [-0.2, -0.15) is 0 Å². The maximum absolute atomic E-state index is 2.42. The van der Waals surface area contributed by atoms with Crippen LogP contribution in [0.1, 0.15) is 47.5 Å². The molecule has 0 aromatic carbocycles. The number of hydrogen-bond donors (Lipinski definition) is 0. The van der Waals surface area contributed by atoms with Crippen LogP contribution in [0.5, 0.6) is 0 Å². The van der Waals surface area contributed by atoms with Gasteiger partial charge in [0, 0.05) is 0 Å². The monoisotopic (exact) mass is 140 g/mol. The Bertz CT molecular complexity index is 132. The zero-order chi connectivity index (χ0) is 7.99. The quantitative estimate of drug-likeness (QED) is 0.523. The van der Waals surface area contributed by atoms with Crippen molar-refractivity contribution < 1.29 is 0 Å². The van der Waals surface area contributed by atoms with E-state index in [0.717, 1.165) is 5.92 Å². The molecule has 1 saturated carbocycles.